The molecule has 0 fully saturated rings. The lowest BCUT2D eigenvalue weighted by Gasteiger charge is -2.30. The molecule has 0 spiro atoms. The zero-order valence-electron chi connectivity index (χ0n) is 17.6. The number of benzene rings is 2. The minimum atomic E-state index is -0.895. The van der Waals surface area contributed by atoms with E-state index in [2.05, 4.69) is 0 Å². The van der Waals surface area contributed by atoms with E-state index in [0.717, 1.165) is 16.7 Å². The summed E-state index contributed by atoms with van der Waals surface area (Å²) < 4.78 is 21.3. The fourth-order valence-electron chi connectivity index (χ4n) is 3.76. The summed E-state index contributed by atoms with van der Waals surface area (Å²) >= 11 is 0. The molecule has 0 aliphatic heterocycles. The first-order valence-corrected chi connectivity index (χ1v) is 9.79. The SMILES string of the molecule is CCOC(=O)[C@@H]1C(=O)C=C(c2cc(OC)cc(OC)c2)C[C@H]1c1cccc(OC)c1. The van der Waals surface area contributed by atoms with Crippen molar-refractivity contribution in [1.29, 1.82) is 0 Å². The number of ether oxygens (including phenoxy) is 4. The maximum absolute atomic E-state index is 13.1. The Morgan fingerprint density at radius 3 is 2.23 bits per heavy atom. The molecule has 0 unspecified atom stereocenters. The number of methoxy groups -OCH3 is 3. The first-order chi connectivity index (χ1) is 14.5. The maximum Gasteiger partial charge on any atom is 0.317 e. The normalized spacial score (nSPS) is 18.4. The minimum absolute atomic E-state index is 0.219. The average molecular weight is 410 g/mol. The highest BCUT2D eigenvalue weighted by molar-refractivity contribution is 6.10. The number of rotatable bonds is 7. The van der Waals surface area contributed by atoms with E-state index < -0.39 is 11.9 Å². The Morgan fingerprint density at radius 1 is 0.967 bits per heavy atom. The van der Waals surface area contributed by atoms with Gasteiger partial charge < -0.3 is 18.9 Å². The number of hydrogen-bond acceptors (Lipinski definition) is 6. The van der Waals surface area contributed by atoms with Gasteiger partial charge in [-0.05, 0) is 60.4 Å². The maximum atomic E-state index is 13.1. The van der Waals surface area contributed by atoms with Crippen LogP contribution in [-0.4, -0.2) is 39.7 Å². The zero-order valence-corrected chi connectivity index (χ0v) is 17.6. The van der Waals surface area contributed by atoms with Gasteiger partial charge in [-0.15, -0.1) is 0 Å². The van der Waals surface area contributed by atoms with Gasteiger partial charge in [0.2, 0.25) is 0 Å². The van der Waals surface area contributed by atoms with Crippen LogP contribution in [0.25, 0.3) is 5.57 Å². The van der Waals surface area contributed by atoms with Crippen LogP contribution in [0.4, 0.5) is 0 Å². The van der Waals surface area contributed by atoms with Crippen LogP contribution in [0.3, 0.4) is 0 Å². The Bertz CT molecular complexity index is 940. The molecule has 2 aromatic carbocycles. The van der Waals surface area contributed by atoms with Crippen LogP contribution >= 0.6 is 0 Å². The second-order valence-electron chi connectivity index (χ2n) is 6.99. The molecule has 0 radical (unpaired) electrons. The molecular formula is C24H26O6. The highest BCUT2D eigenvalue weighted by Crippen LogP contribution is 2.42. The van der Waals surface area contributed by atoms with Crippen molar-refractivity contribution in [1.82, 2.24) is 0 Å². The molecule has 30 heavy (non-hydrogen) atoms. The minimum Gasteiger partial charge on any atom is -0.497 e. The largest absolute Gasteiger partial charge is 0.497 e. The number of carbonyl (C=O) groups excluding carboxylic acids is 2. The summed E-state index contributed by atoms with van der Waals surface area (Å²) in [5.74, 6) is -0.122. The quantitative estimate of drug-likeness (QED) is 0.507. The van der Waals surface area contributed by atoms with Gasteiger partial charge in [0.15, 0.2) is 5.78 Å². The van der Waals surface area contributed by atoms with Gasteiger partial charge in [0.1, 0.15) is 23.2 Å². The van der Waals surface area contributed by atoms with Crippen molar-refractivity contribution in [2.75, 3.05) is 27.9 Å². The smallest absolute Gasteiger partial charge is 0.317 e. The first-order valence-electron chi connectivity index (χ1n) is 9.79. The zero-order chi connectivity index (χ0) is 21.7. The molecule has 1 aliphatic rings. The molecular weight excluding hydrogens is 384 g/mol. The van der Waals surface area contributed by atoms with Crippen molar-refractivity contribution in [3.05, 3.63) is 59.7 Å². The lowest BCUT2D eigenvalue weighted by Crippen LogP contribution is -2.34. The van der Waals surface area contributed by atoms with Crippen LogP contribution in [0, 0.1) is 5.92 Å². The van der Waals surface area contributed by atoms with Crippen LogP contribution in [0.1, 0.15) is 30.4 Å². The molecule has 0 saturated carbocycles. The third kappa shape index (κ3) is 4.48. The Morgan fingerprint density at radius 2 is 1.63 bits per heavy atom. The molecule has 0 amide bonds. The van der Waals surface area contributed by atoms with Gasteiger partial charge >= 0.3 is 5.97 Å². The summed E-state index contributed by atoms with van der Waals surface area (Å²) in [6.45, 7) is 1.95. The van der Waals surface area contributed by atoms with E-state index in [1.807, 2.05) is 36.4 Å². The third-order valence-corrected chi connectivity index (χ3v) is 5.25. The van der Waals surface area contributed by atoms with Gasteiger partial charge in [0.25, 0.3) is 0 Å². The number of allylic oxidation sites excluding steroid dienone is 2. The monoisotopic (exact) mass is 410 g/mol. The van der Waals surface area contributed by atoms with Crippen molar-refractivity contribution in [2.45, 2.75) is 19.3 Å². The molecule has 6 nitrogen and oxygen atoms in total. The van der Waals surface area contributed by atoms with Crippen molar-refractivity contribution >= 4 is 17.3 Å². The highest BCUT2D eigenvalue weighted by Gasteiger charge is 2.40. The predicted octanol–water partition coefficient (Wildman–Crippen LogP) is 4.03. The molecule has 0 aromatic heterocycles. The average Bonchev–Trinajstić information content (AvgIpc) is 2.78. The molecule has 3 rings (SSSR count). The molecule has 2 atom stereocenters. The van der Waals surface area contributed by atoms with E-state index in [4.69, 9.17) is 18.9 Å². The summed E-state index contributed by atoms with van der Waals surface area (Å²) in [5.41, 5.74) is 2.47. The second-order valence-corrected chi connectivity index (χ2v) is 6.99. The molecule has 0 bridgehead atoms. The summed E-state index contributed by atoms with van der Waals surface area (Å²) in [4.78, 5) is 25.7. The molecule has 1 aliphatic carbocycles. The van der Waals surface area contributed by atoms with Crippen LogP contribution < -0.4 is 14.2 Å². The lowest BCUT2D eigenvalue weighted by atomic mass is 9.73. The molecule has 0 saturated heterocycles. The Hall–Kier alpha value is -3.28. The summed E-state index contributed by atoms with van der Waals surface area (Å²) in [7, 11) is 4.74. The molecule has 158 valence electrons. The van der Waals surface area contributed by atoms with E-state index in [1.54, 1.807) is 34.3 Å². The number of esters is 1. The van der Waals surface area contributed by atoms with Crippen LogP contribution in [-0.2, 0) is 14.3 Å². The van der Waals surface area contributed by atoms with Crippen molar-refractivity contribution in [3.63, 3.8) is 0 Å². The summed E-state index contributed by atoms with van der Waals surface area (Å²) in [6.07, 6.45) is 2.02. The lowest BCUT2D eigenvalue weighted by molar-refractivity contribution is -0.151. The standard InChI is InChI=1S/C24H26O6/c1-5-30-24(26)23-21(15-7-6-8-18(9-15)27-2)12-17(13-22(23)25)16-10-19(28-3)14-20(11-16)29-4/h6-11,13-14,21,23H,5,12H2,1-4H3/t21-,23-/m0/s1. The Balaban J connectivity index is 2.07. The van der Waals surface area contributed by atoms with Crippen LogP contribution in [0.5, 0.6) is 17.2 Å². The van der Waals surface area contributed by atoms with Gasteiger partial charge in [-0.3, -0.25) is 9.59 Å². The van der Waals surface area contributed by atoms with Gasteiger partial charge in [0.05, 0.1) is 27.9 Å². The summed E-state index contributed by atoms with van der Waals surface area (Å²) in [6, 6.07) is 12.9. The highest BCUT2D eigenvalue weighted by atomic mass is 16.5. The van der Waals surface area contributed by atoms with Crippen molar-refractivity contribution in [2.24, 2.45) is 5.92 Å². The van der Waals surface area contributed by atoms with Gasteiger partial charge in [-0.25, -0.2) is 0 Å². The predicted molar refractivity (Wildman–Crippen MR) is 113 cm³/mol. The van der Waals surface area contributed by atoms with Gasteiger partial charge in [-0.1, -0.05) is 12.1 Å². The van der Waals surface area contributed by atoms with Crippen molar-refractivity contribution in [3.8, 4) is 17.2 Å². The van der Waals surface area contributed by atoms with Gasteiger partial charge in [0, 0.05) is 12.0 Å². The van der Waals surface area contributed by atoms with Crippen LogP contribution in [0.2, 0.25) is 0 Å². The molecule has 0 heterocycles. The van der Waals surface area contributed by atoms with E-state index in [9.17, 15) is 9.59 Å². The number of carbonyl (C=O) groups is 2. The van der Waals surface area contributed by atoms with E-state index >= 15 is 0 Å². The molecule has 0 N–H and O–H groups in total. The number of ketones is 1. The Kier molecular flexibility index (Phi) is 6.77. The Labute approximate surface area is 176 Å². The third-order valence-electron chi connectivity index (χ3n) is 5.25. The fraction of sp³-hybridized carbons (Fsp3) is 0.333. The first kappa shape index (κ1) is 21.4. The fourth-order valence-corrected chi connectivity index (χ4v) is 3.76. The van der Waals surface area contributed by atoms with E-state index in [1.165, 1.54) is 6.08 Å². The molecule has 6 heteroatoms. The summed E-state index contributed by atoms with van der Waals surface area (Å²) in [5, 5.41) is 0. The van der Waals surface area contributed by atoms with Crippen LogP contribution in [0.15, 0.2) is 48.5 Å². The van der Waals surface area contributed by atoms with Crippen molar-refractivity contribution < 1.29 is 28.5 Å². The topological polar surface area (TPSA) is 71.1 Å². The molecule has 2 aromatic rings. The van der Waals surface area contributed by atoms with E-state index in [0.29, 0.717) is 23.7 Å². The van der Waals surface area contributed by atoms with Gasteiger partial charge in [-0.2, -0.15) is 0 Å². The van der Waals surface area contributed by atoms with E-state index in [-0.39, 0.29) is 18.3 Å². The second kappa shape index (κ2) is 9.48. The number of hydrogen-bond donors (Lipinski definition) is 0.